The molecule has 7 heteroatoms. The van der Waals surface area contributed by atoms with Crippen LogP contribution in [0.4, 0.5) is 0 Å². The number of rotatable bonds is 18. The van der Waals surface area contributed by atoms with Crippen molar-refractivity contribution in [3.05, 3.63) is 144 Å². The van der Waals surface area contributed by atoms with Gasteiger partial charge in [0.05, 0.1) is 10.8 Å². The summed E-state index contributed by atoms with van der Waals surface area (Å²) in [5.74, 6) is 2.26. The van der Waals surface area contributed by atoms with Gasteiger partial charge in [-0.05, 0) is 42.5 Å². The van der Waals surface area contributed by atoms with E-state index >= 15 is 0 Å². The van der Waals surface area contributed by atoms with Crippen LogP contribution in [-0.2, 0) is 20.4 Å². The number of amides is 1. The summed E-state index contributed by atoms with van der Waals surface area (Å²) >= 11 is 0. The van der Waals surface area contributed by atoms with Crippen LogP contribution in [0.2, 0.25) is 0 Å². The molecule has 0 spiro atoms. The zero-order valence-electron chi connectivity index (χ0n) is 32.5. The highest BCUT2D eigenvalue weighted by atomic mass is 33.1. The first-order valence-electron chi connectivity index (χ1n) is 19.7. The minimum Gasteiger partial charge on any atom is -0.355 e. The number of nitrogens with zero attached hydrogens (tertiary/aromatic N) is 2. The summed E-state index contributed by atoms with van der Waals surface area (Å²) in [7, 11) is 7.97. The number of Topliss-reactive ketones (excluding diaryl/α,β-unsaturated/α-hetero) is 1. The minimum atomic E-state index is -0.135. The van der Waals surface area contributed by atoms with E-state index in [4.69, 9.17) is 0 Å². The van der Waals surface area contributed by atoms with E-state index in [-0.39, 0.29) is 22.8 Å². The third kappa shape index (κ3) is 8.63. The summed E-state index contributed by atoms with van der Waals surface area (Å²) in [6, 6.07) is 44.0. The number of carbonyl (C=O) groups excluding carboxylic acids is 2. The Morgan fingerprint density at radius 2 is 0.981 bits per heavy atom. The molecule has 0 radical (unpaired) electrons. The summed E-state index contributed by atoms with van der Waals surface area (Å²) in [5, 5.41) is 3.14. The first kappa shape index (κ1) is 39.7. The first-order chi connectivity index (χ1) is 26.3. The second kappa shape index (κ2) is 18.6. The van der Waals surface area contributed by atoms with E-state index in [2.05, 4.69) is 164 Å². The molecule has 4 aromatic rings. The van der Waals surface area contributed by atoms with Crippen molar-refractivity contribution in [1.82, 2.24) is 5.32 Å². The molecule has 2 aliphatic heterocycles. The Balaban J connectivity index is 0.878. The van der Waals surface area contributed by atoms with Crippen LogP contribution in [0, 0.1) is 0 Å². The van der Waals surface area contributed by atoms with Crippen molar-refractivity contribution < 1.29 is 18.7 Å². The van der Waals surface area contributed by atoms with Gasteiger partial charge in [-0.25, -0.2) is 9.15 Å². The van der Waals surface area contributed by atoms with Gasteiger partial charge in [0.25, 0.3) is 0 Å². The predicted octanol–water partition coefficient (Wildman–Crippen LogP) is 9.12. The van der Waals surface area contributed by atoms with Crippen LogP contribution in [0.15, 0.2) is 121 Å². The van der Waals surface area contributed by atoms with E-state index < -0.39 is 0 Å². The molecule has 1 N–H and O–H groups in total. The molecule has 0 saturated heterocycles. The van der Waals surface area contributed by atoms with E-state index in [0.29, 0.717) is 37.6 Å². The van der Waals surface area contributed by atoms with Gasteiger partial charge in [0.2, 0.25) is 5.91 Å². The fourth-order valence-electron chi connectivity index (χ4n) is 9.01. The highest BCUT2D eigenvalue weighted by Crippen LogP contribution is 2.45. The van der Waals surface area contributed by atoms with Crippen LogP contribution in [0.5, 0.6) is 0 Å². The molecule has 2 heterocycles. The summed E-state index contributed by atoms with van der Waals surface area (Å²) in [4.78, 5) is 25.8. The van der Waals surface area contributed by atoms with Gasteiger partial charge in [0, 0.05) is 63.0 Å². The largest absolute Gasteiger partial charge is 0.355 e. The Labute approximate surface area is 331 Å². The number of benzene rings is 4. The van der Waals surface area contributed by atoms with Gasteiger partial charge in [0.15, 0.2) is 23.5 Å². The van der Waals surface area contributed by atoms with Crippen LogP contribution in [0.25, 0.3) is 0 Å². The Kier molecular flexibility index (Phi) is 13.7. The van der Waals surface area contributed by atoms with Gasteiger partial charge < -0.3 is 5.32 Å². The molecule has 0 bridgehead atoms. The fourth-order valence-corrected chi connectivity index (χ4v) is 11.0. The van der Waals surface area contributed by atoms with Crippen LogP contribution in [0.1, 0.15) is 87.5 Å². The highest BCUT2D eigenvalue weighted by Gasteiger charge is 2.53. The third-order valence-electron chi connectivity index (χ3n) is 12.3. The molecular weight excluding hydrogens is 703 g/mol. The number of carbonyl (C=O) groups is 2. The van der Waals surface area contributed by atoms with Crippen molar-refractivity contribution in [2.75, 3.05) is 32.1 Å². The molecule has 6 rings (SSSR count). The number of ketones is 1. The molecule has 5 nitrogen and oxygen atoms in total. The molecule has 2 unspecified atom stereocenters. The number of hydrogen-bond donors (Lipinski definition) is 1. The minimum absolute atomic E-state index is 0.113. The smallest absolute Gasteiger partial charge is 0.220 e. The van der Waals surface area contributed by atoms with Gasteiger partial charge in [-0.3, -0.25) is 9.59 Å². The zero-order chi connectivity index (χ0) is 38.0. The molecule has 0 fully saturated rings. The number of nitrogens with one attached hydrogen (secondary N) is 1. The predicted molar refractivity (Wildman–Crippen MR) is 229 cm³/mol. The van der Waals surface area contributed by atoms with Crippen LogP contribution in [-0.4, -0.2) is 76.5 Å². The molecule has 2 aliphatic rings. The molecule has 0 aromatic heterocycles. The van der Waals surface area contributed by atoms with Crippen LogP contribution >= 0.6 is 21.6 Å². The lowest BCUT2D eigenvalue weighted by molar-refractivity contribution is -0.533. The van der Waals surface area contributed by atoms with Crippen molar-refractivity contribution >= 4 is 44.7 Å². The molecule has 282 valence electrons. The Bertz CT molecular complexity index is 1690. The maximum Gasteiger partial charge on any atom is 0.220 e. The third-order valence-corrected chi connectivity index (χ3v) is 14.8. The normalized spacial score (nSPS) is 19.0. The van der Waals surface area contributed by atoms with E-state index in [1.165, 1.54) is 33.7 Å². The fraction of sp³-hybridized carbons (Fsp3) is 0.404. The van der Waals surface area contributed by atoms with Gasteiger partial charge in [-0.1, -0.05) is 143 Å². The molecule has 4 aromatic carbocycles. The van der Waals surface area contributed by atoms with E-state index in [9.17, 15) is 9.59 Å². The lowest BCUT2D eigenvalue weighted by Crippen LogP contribution is -2.39. The maximum atomic E-state index is 13.0. The quantitative estimate of drug-likeness (QED) is 0.0625. The summed E-state index contributed by atoms with van der Waals surface area (Å²) in [6.45, 7) is 5.30. The van der Waals surface area contributed by atoms with Crippen LogP contribution in [0.3, 0.4) is 0 Å². The lowest BCUT2D eigenvalue weighted by Gasteiger charge is -2.31. The lowest BCUT2D eigenvalue weighted by atomic mass is 9.68. The topological polar surface area (TPSA) is 52.2 Å². The molecule has 1 amide bonds. The van der Waals surface area contributed by atoms with Gasteiger partial charge in [-0.15, -0.1) is 0 Å². The first-order valence-corrected chi connectivity index (χ1v) is 22.2. The summed E-state index contributed by atoms with van der Waals surface area (Å²) in [6.07, 6.45) is 6.05. The second-order valence-corrected chi connectivity index (χ2v) is 17.8. The van der Waals surface area contributed by atoms with E-state index in [1.54, 1.807) is 21.6 Å². The van der Waals surface area contributed by atoms with Gasteiger partial charge in [-0.2, -0.15) is 0 Å². The monoisotopic (exact) mass is 759 g/mol. The van der Waals surface area contributed by atoms with Crippen molar-refractivity contribution in [2.45, 2.75) is 88.1 Å². The second-order valence-electron chi connectivity index (χ2n) is 15.1. The average molecular weight is 760 g/mol. The Morgan fingerprint density at radius 3 is 1.41 bits per heavy atom. The highest BCUT2D eigenvalue weighted by molar-refractivity contribution is 8.76. The number of hydrogen-bond acceptors (Lipinski definition) is 4. The molecule has 0 saturated carbocycles. The van der Waals surface area contributed by atoms with Crippen molar-refractivity contribution in [3.63, 3.8) is 0 Å². The van der Waals surface area contributed by atoms with Gasteiger partial charge in [0.1, 0.15) is 19.9 Å². The molecular formula is C47H57N3O2S2+2. The van der Waals surface area contributed by atoms with Crippen molar-refractivity contribution in [3.8, 4) is 0 Å². The zero-order valence-corrected chi connectivity index (χ0v) is 34.1. The van der Waals surface area contributed by atoms with Crippen LogP contribution < -0.4 is 5.32 Å². The summed E-state index contributed by atoms with van der Waals surface area (Å²) < 4.78 is 4.83. The standard InChI is InChI=1S/C47H56N3O2S2/c1-36-46(38-18-9-5-10-19-38,39-20-11-6-12-21-39)34-42(49(36)3)27-29-44(51)26-17-32-53-54-33-31-48-45(52)30-28-43-35-47(37(2)50(43)4,40-22-13-7-14-23-40)41-24-15-8-16-25-41/h5-16,18-25,36-37H,17,26-35H2,1-4H3/q+1/p+1. The molecule has 2 atom stereocenters. The number of likely N-dealkylation sites (N-methyl/N-ethyl adjacent to an activating group) is 2. The molecule has 54 heavy (non-hydrogen) atoms. The Hall–Kier alpha value is -3.94. The average Bonchev–Trinajstić information content (AvgIpc) is 3.63. The SMILES string of the molecule is CC1[N+](C)=C(CCC(=O)CCCSSCCNC(=O)CCC2=[N+](C)C(C)C(c3ccccc3)(c3ccccc3)C2)CC1(c1ccccc1)c1ccccc1. The van der Waals surface area contributed by atoms with Crippen molar-refractivity contribution in [1.29, 1.82) is 0 Å². The van der Waals surface area contributed by atoms with E-state index in [0.717, 1.165) is 43.6 Å². The van der Waals surface area contributed by atoms with Crippen molar-refractivity contribution in [2.24, 2.45) is 0 Å². The van der Waals surface area contributed by atoms with E-state index in [1.807, 2.05) is 0 Å². The Morgan fingerprint density at radius 1 is 0.593 bits per heavy atom. The molecule has 0 aliphatic carbocycles. The summed E-state index contributed by atoms with van der Waals surface area (Å²) in [5.41, 5.74) is 7.78. The van der Waals surface area contributed by atoms with Gasteiger partial charge >= 0.3 is 0 Å². The maximum absolute atomic E-state index is 13.0.